The van der Waals surface area contributed by atoms with Gasteiger partial charge in [0.1, 0.15) is 0 Å². The van der Waals surface area contributed by atoms with Crippen molar-refractivity contribution in [3.63, 3.8) is 0 Å². The van der Waals surface area contributed by atoms with Crippen LogP contribution in [0.1, 0.15) is 41.6 Å². The monoisotopic (exact) mass is 344 g/mol. The van der Waals surface area contributed by atoms with Crippen LogP contribution < -0.4 is 5.73 Å². The number of aromatic nitrogens is 1. The van der Waals surface area contributed by atoms with Crippen LogP contribution in [0.25, 0.3) is 0 Å². The molecule has 25 heavy (non-hydrogen) atoms. The van der Waals surface area contributed by atoms with E-state index in [0.717, 1.165) is 18.5 Å². The first-order chi connectivity index (χ1) is 12.0. The highest BCUT2D eigenvalue weighted by Gasteiger charge is 2.27. The molecule has 3 rings (SSSR count). The van der Waals surface area contributed by atoms with E-state index in [0.29, 0.717) is 37.4 Å². The zero-order chi connectivity index (χ0) is 17.8. The third kappa shape index (κ3) is 4.57. The topological polar surface area (TPSA) is 79.5 Å². The van der Waals surface area contributed by atoms with Gasteiger partial charge in [-0.15, -0.1) is 0 Å². The molecule has 2 amide bonds. The van der Waals surface area contributed by atoms with E-state index in [2.05, 4.69) is 16.9 Å². The molecule has 0 aromatic carbocycles. The SMILES string of the molecule is CN1CCC[C@H](Cc2cncc(C(=O)N3CCC(C(N)=O)CC3)c2)C1. The average molecular weight is 344 g/mol. The second kappa shape index (κ2) is 7.95. The normalized spacial score (nSPS) is 22.8. The van der Waals surface area contributed by atoms with Crippen LogP contribution in [0.2, 0.25) is 0 Å². The van der Waals surface area contributed by atoms with Crippen molar-refractivity contribution < 1.29 is 9.59 Å². The van der Waals surface area contributed by atoms with Crippen molar-refractivity contribution in [3.05, 3.63) is 29.6 Å². The van der Waals surface area contributed by atoms with Gasteiger partial charge in [-0.3, -0.25) is 14.6 Å². The maximum atomic E-state index is 12.7. The number of carbonyl (C=O) groups excluding carboxylic acids is 2. The van der Waals surface area contributed by atoms with Crippen molar-refractivity contribution >= 4 is 11.8 Å². The number of rotatable bonds is 4. The van der Waals surface area contributed by atoms with Gasteiger partial charge in [0.2, 0.25) is 5.91 Å². The van der Waals surface area contributed by atoms with Crippen LogP contribution >= 0.6 is 0 Å². The fourth-order valence-corrected chi connectivity index (χ4v) is 4.04. The molecule has 3 heterocycles. The van der Waals surface area contributed by atoms with Gasteiger partial charge in [-0.2, -0.15) is 0 Å². The lowest BCUT2D eigenvalue weighted by Gasteiger charge is -2.31. The number of hydrogen-bond donors (Lipinski definition) is 1. The van der Waals surface area contributed by atoms with Gasteiger partial charge in [0.25, 0.3) is 5.91 Å². The molecule has 2 saturated heterocycles. The fourth-order valence-electron chi connectivity index (χ4n) is 4.04. The maximum Gasteiger partial charge on any atom is 0.255 e. The van der Waals surface area contributed by atoms with Gasteiger partial charge < -0.3 is 15.5 Å². The summed E-state index contributed by atoms with van der Waals surface area (Å²) in [5, 5.41) is 0. The van der Waals surface area contributed by atoms with E-state index in [4.69, 9.17) is 5.73 Å². The number of amides is 2. The number of piperidine rings is 2. The lowest BCUT2D eigenvalue weighted by Crippen LogP contribution is -2.41. The Labute approximate surface area is 149 Å². The third-order valence-electron chi connectivity index (χ3n) is 5.47. The molecule has 2 aliphatic rings. The molecule has 2 fully saturated rings. The Hall–Kier alpha value is -1.95. The molecular formula is C19H28N4O2. The van der Waals surface area contributed by atoms with E-state index in [-0.39, 0.29) is 17.7 Å². The predicted octanol–water partition coefficient (Wildman–Crippen LogP) is 1.30. The Morgan fingerprint density at radius 1 is 1.20 bits per heavy atom. The summed E-state index contributed by atoms with van der Waals surface area (Å²) < 4.78 is 0. The fraction of sp³-hybridized carbons (Fsp3) is 0.632. The third-order valence-corrected chi connectivity index (χ3v) is 5.47. The summed E-state index contributed by atoms with van der Waals surface area (Å²) in [6.45, 7) is 3.46. The first kappa shape index (κ1) is 17.9. The number of primary amides is 1. The molecule has 6 nitrogen and oxygen atoms in total. The van der Waals surface area contributed by atoms with Crippen molar-refractivity contribution in [1.29, 1.82) is 0 Å². The van der Waals surface area contributed by atoms with Crippen LogP contribution in [0.4, 0.5) is 0 Å². The van der Waals surface area contributed by atoms with E-state index >= 15 is 0 Å². The molecular weight excluding hydrogens is 316 g/mol. The molecule has 6 heteroatoms. The Balaban J connectivity index is 1.61. The largest absolute Gasteiger partial charge is 0.369 e. The number of likely N-dealkylation sites (tertiary alicyclic amines) is 2. The molecule has 0 saturated carbocycles. The summed E-state index contributed by atoms with van der Waals surface area (Å²) in [6, 6.07) is 1.99. The predicted molar refractivity (Wildman–Crippen MR) is 96.0 cm³/mol. The van der Waals surface area contributed by atoms with Crippen molar-refractivity contribution in [1.82, 2.24) is 14.8 Å². The van der Waals surface area contributed by atoms with E-state index < -0.39 is 0 Å². The van der Waals surface area contributed by atoms with Crippen molar-refractivity contribution in [3.8, 4) is 0 Å². The van der Waals surface area contributed by atoms with E-state index in [1.54, 1.807) is 6.20 Å². The lowest BCUT2D eigenvalue weighted by atomic mass is 9.91. The van der Waals surface area contributed by atoms with Gasteiger partial charge in [0, 0.05) is 37.9 Å². The Bertz CT molecular complexity index is 626. The van der Waals surface area contributed by atoms with Gasteiger partial charge in [0.05, 0.1) is 5.56 Å². The highest BCUT2D eigenvalue weighted by molar-refractivity contribution is 5.94. The van der Waals surface area contributed by atoms with Gasteiger partial charge >= 0.3 is 0 Å². The Morgan fingerprint density at radius 3 is 2.64 bits per heavy atom. The van der Waals surface area contributed by atoms with Crippen molar-refractivity contribution in [2.24, 2.45) is 17.6 Å². The van der Waals surface area contributed by atoms with E-state index in [9.17, 15) is 9.59 Å². The molecule has 0 bridgehead atoms. The highest BCUT2D eigenvalue weighted by Crippen LogP contribution is 2.22. The molecule has 1 aromatic heterocycles. The number of hydrogen-bond acceptors (Lipinski definition) is 4. The van der Waals surface area contributed by atoms with Crippen LogP contribution in [0, 0.1) is 11.8 Å². The van der Waals surface area contributed by atoms with Crippen LogP contribution in [-0.2, 0) is 11.2 Å². The number of nitrogens with two attached hydrogens (primary N) is 1. The standard InChI is InChI=1S/C19H28N4O2/c1-22-6-2-3-14(13-22)9-15-10-17(12-21-11-15)19(25)23-7-4-16(5-8-23)18(20)24/h10-12,14,16H,2-9,13H2,1H3,(H2,20,24)/t14-/m1/s1. The minimum atomic E-state index is -0.256. The highest BCUT2D eigenvalue weighted by atomic mass is 16.2. The first-order valence-corrected chi connectivity index (χ1v) is 9.24. The minimum Gasteiger partial charge on any atom is -0.369 e. The molecule has 136 valence electrons. The second-order valence-corrected chi connectivity index (χ2v) is 7.53. The van der Waals surface area contributed by atoms with Gasteiger partial charge in [0.15, 0.2) is 0 Å². The Morgan fingerprint density at radius 2 is 1.96 bits per heavy atom. The smallest absolute Gasteiger partial charge is 0.255 e. The summed E-state index contributed by atoms with van der Waals surface area (Å²) in [5.41, 5.74) is 7.15. The van der Waals surface area contributed by atoms with Crippen molar-refractivity contribution in [2.45, 2.75) is 32.1 Å². The quantitative estimate of drug-likeness (QED) is 0.893. The summed E-state index contributed by atoms with van der Waals surface area (Å²) in [4.78, 5) is 32.5. The summed E-state index contributed by atoms with van der Waals surface area (Å²) in [5.74, 6) is 0.292. The lowest BCUT2D eigenvalue weighted by molar-refractivity contribution is -0.123. The molecule has 1 atom stereocenters. The summed E-state index contributed by atoms with van der Waals surface area (Å²) in [7, 11) is 2.17. The molecule has 2 aliphatic heterocycles. The Kier molecular flexibility index (Phi) is 5.68. The zero-order valence-electron chi connectivity index (χ0n) is 15.0. The minimum absolute atomic E-state index is 0.0121. The zero-order valence-corrected chi connectivity index (χ0v) is 15.0. The van der Waals surface area contributed by atoms with Crippen molar-refractivity contribution in [2.75, 3.05) is 33.2 Å². The number of nitrogens with zero attached hydrogens (tertiary/aromatic N) is 3. The van der Waals surface area contributed by atoms with Gasteiger partial charge in [-0.1, -0.05) is 0 Å². The van der Waals surface area contributed by atoms with E-state index in [1.165, 1.54) is 19.4 Å². The molecule has 0 spiro atoms. The van der Waals surface area contributed by atoms with Crippen LogP contribution in [0.5, 0.6) is 0 Å². The molecule has 2 N–H and O–H groups in total. The molecule has 1 aromatic rings. The van der Waals surface area contributed by atoms with Gasteiger partial charge in [-0.25, -0.2) is 0 Å². The average Bonchev–Trinajstić information content (AvgIpc) is 2.61. The summed E-state index contributed by atoms with van der Waals surface area (Å²) >= 11 is 0. The van der Waals surface area contributed by atoms with Crippen LogP contribution in [0.3, 0.4) is 0 Å². The molecule has 0 radical (unpaired) electrons. The first-order valence-electron chi connectivity index (χ1n) is 9.24. The molecule has 0 aliphatic carbocycles. The maximum absolute atomic E-state index is 12.7. The molecule has 0 unspecified atom stereocenters. The number of carbonyl (C=O) groups is 2. The van der Waals surface area contributed by atoms with Crippen LogP contribution in [-0.4, -0.2) is 59.8 Å². The summed E-state index contributed by atoms with van der Waals surface area (Å²) in [6.07, 6.45) is 8.29. The van der Waals surface area contributed by atoms with E-state index in [1.807, 2.05) is 17.2 Å². The number of pyridine rings is 1. The van der Waals surface area contributed by atoms with Crippen LogP contribution in [0.15, 0.2) is 18.5 Å². The second-order valence-electron chi connectivity index (χ2n) is 7.53. The van der Waals surface area contributed by atoms with Gasteiger partial charge in [-0.05, 0) is 63.2 Å².